The molecule has 7 heteroatoms. The van der Waals surface area contributed by atoms with Gasteiger partial charge in [-0.15, -0.1) is 0 Å². The highest BCUT2D eigenvalue weighted by Gasteiger charge is 2.36. The van der Waals surface area contributed by atoms with Crippen LogP contribution in [0.5, 0.6) is 23.0 Å². The Kier molecular flexibility index (Phi) is 6.75. The molecule has 0 unspecified atom stereocenters. The summed E-state index contributed by atoms with van der Waals surface area (Å²) in [6.07, 6.45) is 0.00297. The van der Waals surface area contributed by atoms with Crippen LogP contribution < -0.4 is 14.8 Å². The zero-order valence-electron chi connectivity index (χ0n) is 21.0. The number of fused-ring (bicyclic) bond motifs is 2. The molecule has 0 fully saturated rings. The topological polar surface area (TPSA) is 105 Å². The smallest absolute Gasteiger partial charge is 0.221 e. The summed E-state index contributed by atoms with van der Waals surface area (Å²) >= 11 is 0. The highest BCUT2D eigenvalue weighted by Crippen LogP contribution is 2.44. The van der Waals surface area contributed by atoms with Gasteiger partial charge in [-0.05, 0) is 58.7 Å². The van der Waals surface area contributed by atoms with E-state index in [-0.39, 0.29) is 35.0 Å². The largest absolute Gasteiger partial charge is 0.507 e. The normalized spacial score (nSPS) is 12.6. The minimum Gasteiger partial charge on any atom is -0.507 e. The number of carbonyl (C=O) groups is 2. The summed E-state index contributed by atoms with van der Waals surface area (Å²) in [4.78, 5) is 26.8. The van der Waals surface area contributed by atoms with Gasteiger partial charge in [-0.3, -0.25) is 9.59 Å². The van der Waals surface area contributed by atoms with Gasteiger partial charge in [0.05, 0.1) is 31.4 Å². The maximum atomic E-state index is 13.6. The second-order valence-electron chi connectivity index (χ2n) is 9.12. The molecule has 5 rings (SSSR count). The summed E-state index contributed by atoms with van der Waals surface area (Å²) in [6, 6.07) is 24.1. The molecule has 0 atom stereocenters. The molecule has 3 N–H and O–H groups in total. The number of phenolic OH excluding ortho intramolecular Hbond substituents is 2. The minimum atomic E-state index is -0.538. The lowest BCUT2D eigenvalue weighted by molar-refractivity contribution is -0.121. The molecule has 38 heavy (non-hydrogen) atoms. The van der Waals surface area contributed by atoms with Crippen LogP contribution in [0, 0.1) is 0 Å². The molecule has 1 amide bonds. The number of methoxy groups -OCH3 is 2. The van der Waals surface area contributed by atoms with Crippen LogP contribution in [0.1, 0.15) is 56.6 Å². The van der Waals surface area contributed by atoms with E-state index < -0.39 is 17.7 Å². The molecule has 0 radical (unpaired) electrons. The predicted molar refractivity (Wildman–Crippen MR) is 142 cm³/mol. The van der Waals surface area contributed by atoms with Crippen LogP contribution in [0.25, 0.3) is 0 Å². The molecule has 192 valence electrons. The molecule has 7 nitrogen and oxygen atoms in total. The van der Waals surface area contributed by atoms with Crippen molar-refractivity contribution in [3.8, 4) is 23.0 Å². The van der Waals surface area contributed by atoms with Crippen LogP contribution in [0.2, 0.25) is 0 Å². The van der Waals surface area contributed by atoms with Gasteiger partial charge >= 0.3 is 0 Å². The number of ether oxygens (including phenoxy) is 2. The number of benzene rings is 4. The molecule has 1 aliphatic carbocycles. The van der Waals surface area contributed by atoms with Crippen molar-refractivity contribution in [2.75, 3.05) is 14.2 Å². The number of hydrogen-bond acceptors (Lipinski definition) is 6. The number of phenols is 2. The maximum Gasteiger partial charge on any atom is 0.221 e. The second-order valence-corrected chi connectivity index (χ2v) is 9.12. The van der Waals surface area contributed by atoms with Gasteiger partial charge in [0, 0.05) is 12.3 Å². The summed E-state index contributed by atoms with van der Waals surface area (Å²) in [5.41, 5.74) is 3.04. The van der Waals surface area contributed by atoms with Gasteiger partial charge in [0.25, 0.3) is 0 Å². The van der Waals surface area contributed by atoms with Gasteiger partial charge in [-0.1, -0.05) is 48.5 Å². The average molecular weight is 510 g/mol. The molecule has 4 aromatic rings. The van der Waals surface area contributed by atoms with E-state index in [4.69, 9.17) is 9.47 Å². The number of aromatic hydroxyl groups is 2. The van der Waals surface area contributed by atoms with Gasteiger partial charge in [0.15, 0.2) is 0 Å². The molecule has 0 bridgehead atoms. The SMILES string of the molecule is COc1ccc(C(NC(=O)CC2c3cccc(O)c3C(=O)c3c(O)cccc32)c2ccc(OC)cc2)cc1. The first kappa shape index (κ1) is 24.9. The molecule has 0 aromatic heterocycles. The Balaban J connectivity index is 1.50. The van der Waals surface area contributed by atoms with E-state index in [1.165, 1.54) is 12.1 Å². The molecule has 0 aliphatic heterocycles. The Hall–Kier alpha value is -4.78. The number of rotatable bonds is 7. The van der Waals surface area contributed by atoms with Crippen molar-refractivity contribution >= 4 is 11.7 Å². The monoisotopic (exact) mass is 509 g/mol. The number of amides is 1. The van der Waals surface area contributed by atoms with E-state index in [1.54, 1.807) is 38.5 Å². The Morgan fingerprint density at radius 1 is 0.763 bits per heavy atom. The molecule has 0 spiro atoms. The van der Waals surface area contributed by atoms with Crippen molar-refractivity contribution in [1.82, 2.24) is 5.32 Å². The molecule has 0 saturated heterocycles. The first-order valence-electron chi connectivity index (χ1n) is 12.2. The van der Waals surface area contributed by atoms with Crippen molar-refractivity contribution in [3.05, 3.63) is 118 Å². The van der Waals surface area contributed by atoms with E-state index in [0.29, 0.717) is 22.6 Å². The first-order chi connectivity index (χ1) is 18.4. The van der Waals surface area contributed by atoms with Crippen LogP contribution in [0.3, 0.4) is 0 Å². The fourth-order valence-electron chi connectivity index (χ4n) is 5.06. The lowest BCUT2D eigenvalue weighted by atomic mass is 9.75. The Morgan fingerprint density at radius 2 is 1.21 bits per heavy atom. The van der Waals surface area contributed by atoms with Gasteiger partial charge in [0.1, 0.15) is 23.0 Å². The lowest BCUT2D eigenvalue weighted by Crippen LogP contribution is -2.32. The van der Waals surface area contributed by atoms with E-state index in [0.717, 1.165) is 11.1 Å². The van der Waals surface area contributed by atoms with Crippen LogP contribution in [-0.2, 0) is 4.79 Å². The third-order valence-corrected chi connectivity index (χ3v) is 6.95. The van der Waals surface area contributed by atoms with Crippen LogP contribution >= 0.6 is 0 Å². The Bertz CT molecular complexity index is 1390. The van der Waals surface area contributed by atoms with Crippen LogP contribution in [-0.4, -0.2) is 36.1 Å². The maximum absolute atomic E-state index is 13.6. The molecular weight excluding hydrogens is 482 g/mol. The Labute approximate surface area is 220 Å². The molecule has 0 saturated carbocycles. The first-order valence-corrected chi connectivity index (χ1v) is 12.2. The average Bonchev–Trinajstić information content (AvgIpc) is 2.94. The van der Waals surface area contributed by atoms with Crippen LogP contribution in [0.15, 0.2) is 84.9 Å². The quantitative estimate of drug-likeness (QED) is 0.321. The van der Waals surface area contributed by atoms with Gasteiger partial charge in [-0.25, -0.2) is 0 Å². The van der Waals surface area contributed by atoms with Crippen molar-refractivity contribution in [3.63, 3.8) is 0 Å². The number of nitrogens with one attached hydrogen (secondary N) is 1. The number of hydrogen-bond donors (Lipinski definition) is 3. The van der Waals surface area contributed by atoms with Crippen molar-refractivity contribution in [1.29, 1.82) is 0 Å². The van der Waals surface area contributed by atoms with Gasteiger partial charge in [-0.2, -0.15) is 0 Å². The molecule has 0 heterocycles. The number of ketones is 1. The number of carbonyl (C=O) groups excluding carboxylic acids is 2. The third-order valence-electron chi connectivity index (χ3n) is 6.95. The van der Waals surface area contributed by atoms with Crippen molar-refractivity contribution in [2.45, 2.75) is 18.4 Å². The molecule has 1 aliphatic rings. The summed E-state index contributed by atoms with van der Waals surface area (Å²) in [6.45, 7) is 0. The zero-order chi connectivity index (χ0) is 26.8. The highest BCUT2D eigenvalue weighted by molar-refractivity contribution is 6.16. The van der Waals surface area contributed by atoms with E-state index in [2.05, 4.69) is 5.32 Å². The third kappa shape index (κ3) is 4.54. The highest BCUT2D eigenvalue weighted by atomic mass is 16.5. The summed E-state index contributed by atoms with van der Waals surface area (Å²) in [5.74, 6) is -0.213. The standard InChI is InChI=1S/C31H27NO6/c1-37-20-13-9-18(10-14-20)30(19-11-15-21(38-2)16-12-19)32-27(35)17-24-22-5-3-7-25(33)28(22)31(36)29-23(24)6-4-8-26(29)34/h3-16,24,30,33-34H,17H2,1-2H3,(H,32,35). The van der Waals surface area contributed by atoms with E-state index in [1.807, 2.05) is 48.5 Å². The zero-order valence-corrected chi connectivity index (χ0v) is 21.0. The van der Waals surface area contributed by atoms with Crippen molar-refractivity contribution in [2.24, 2.45) is 0 Å². The summed E-state index contributed by atoms with van der Waals surface area (Å²) < 4.78 is 10.6. The van der Waals surface area contributed by atoms with E-state index in [9.17, 15) is 19.8 Å². The van der Waals surface area contributed by atoms with Gasteiger partial charge in [0.2, 0.25) is 11.7 Å². The van der Waals surface area contributed by atoms with Gasteiger partial charge < -0.3 is 25.0 Å². The van der Waals surface area contributed by atoms with E-state index >= 15 is 0 Å². The van der Waals surface area contributed by atoms with Crippen LogP contribution in [0.4, 0.5) is 0 Å². The molecule has 4 aromatic carbocycles. The Morgan fingerprint density at radius 3 is 1.63 bits per heavy atom. The fourth-order valence-corrected chi connectivity index (χ4v) is 5.06. The second kappa shape index (κ2) is 10.3. The molecular formula is C31H27NO6. The summed E-state index contributed by atoms with van der Waals surface area (Å²) in [7, 11) is 3.19. The minimum absolute atomic E-state index is 0.00297. The lowest BCUT2D eigenvalue weighted by Gasteiger charge is -2.29. The predicted octanol–water partition coefficient (Wildman–Crippen LogP) is 5.09. The summed E-state index contributed by atoms with van der Waals surface area (Å²) in [5, 5.41) is 24.1. The van der Waals surface area contributed by atoms with Crippen molar-refractivity contribution < 1.29 is 29.3 Å². The fraction of sp³-hybridized carbons (Fsp3) is 0.161.